The number of thiophene rings is 1. The van der Waals surface area contributed by atoms with Crippen molar-refractivity contribution >= 4 is 52.1 Å². The molecule has 0 fully saturated rings. The minimum Gasteiger partial charge on any atom is -0.322 e. The first-order valence-corrected chi connectivity index (χ1v) is 12.0. The Morgan fingerprint density at radius 3 is 2.62 bits per heavy atom. The fourth-order valence-electron chi connectivity index (χ4n) is 3.55. The molecule has 0 aliphatic rings. The van der Waals surface area contributed by atoms with E-state index in [1.807, 2.05) is 19.0 Å². The van der Waals surface area contributed by atoms with Crippen LogP contribution in [0.3, 0.4) is 0 Å². The highest BCUT2D eigenvalue weighted by Crippen LogP contribution is 2.30. The van der Waals surface area contributed by atoms with Gasteiger partial charge >= 0.3 is 0 Å². The summed E-state index contributed by atoms with van der Waals surface area (Å²) >= 11 is 0.698. The van der Waals surface area contributed by atoms with Gasteiger partial charge in [0.2, 0.25) is 11.9 Å². The van der Waals surface area contributed by atoms with Crippen LogP contribution in [-0.4, -0.2) is 53.2 Å². The van der Waals surface area contributed by atoms with E-state index in [-0.39, 0.29) is 21.6 Å². The van der Waals surface area contributed by atoms with E-state index in [0.717, 1.165) is 0 Å². The van der Waals surface area contributed by atoms with Crippen LogP contribution in [0, 0.1) is 0 Å². The minimum atomic E-state index is -2.67. The first-order chi connectivity index (χ1) is 17.7. The number of hydrogen-bond acceptors (Lipinski definition) is 6. The summed E-state index contributed by atoms with van der Waals surface area (Å²) in [5.41, 5.74) is 2.53. The Labute approximate surface area is 215 Å². The molecule has 190 valence electrons. The molecule has 0 aliphatic carbocycles. The third-order valence-electron chi connectivity index (χ3n) is 5.22. The molecule has 0 saturated heterocycles. The van der Waals surface area contributed by atoms with Gasteiger partial charge in [0, 0.05) is 23.9 Å². The summed E-state index contributed by atoms with van der Waals surface area (Å²) < 4.78 is 27.6. The van der Waals surface area contributed by atoms with Crippen LogP contribution >= 0.6 is 11.3 Å². The number of benzene rings is 2. The van der Waals surface area contributed by atoms with Crippen LogP contribution in [0.4, 0.5) is 20.4 Å². The minimum absolute atomic E-state index is 0.105. The average molecular weight is 524 g/mol. The van der Waals surface area contributed by atoms with Gasteiger partial charge in [0.15, 0.2) is 0 Å². The Morgan fingerprint density at radius 2 is 1.92 bits per heavy atom. The lowest BCUT2D eigenvalue weighted by molar-refractivity contribution is -0.111. The van der Waals surface area contributed by atoms with Crippen molar-refractivity contribution in [3.05, 3.63) is 82.1 Å². The van der Waals surface area contributed by atoms with Gasteiger partial charge in [0.1, 0.15) is 6.29 Å². The van der Waals surface area contributed by atoms with E-state index in [4.69, 9.17) is 0 Å². The first kappa shape index (κ1) is 25.9. The number of aromatic nitrogens is 2. The van der Waals surface area contributed by atoms with E-state index >= 15 is 0 Å². The van der Waals surface area contributed by atoms with Crippen molar-refractivity contribution in [2.75, 3.05) is 31.3 Å². The van der Waals surface area contributed by atoms with Crippen molar-refractivity contribution in [1.82, 2.24) is 14.5 Å². The Balaban J connectivity index is 1.69. The number of nitrogens with one attached hydrogen (secondary N) is 2. The second-order valence-corrected chi connectivity index (χ2v) is 9.41. The van der Waals surface area contributed by atoms with Crippen LogP contribution in [-0.2, 0) is 4.79 Å². The third kappa shape index (κ3) is 6.13. The van der Waals surface area contributed by atoms with Gasteiger partial charge in [-0.05, 0) is 62.6 Å². The Kier molecular flexibility index (Phi) is 7.85. The van der Waals surface area contributed by atoms with Crippen molar-refractivity contribution < 1.29 is 23.2 Å². The van der Waals surface area contributed by atoms with Crippen molar-refractivity contribution in [2.45, 2.75) is 6.43 Å². The lowest BCUT2D eigenvalue weighted by atomic mass is 10.2. The fraction of sp³-hybridized carbons (Fsp3) is 0.154. The van der Waals surface area contributed by atoms with E-state index < -0.39 is 12.3 Å². The molecule has 4 rings (SSSR count). The lowest BCUT2D eigenvalue weighted by Crippen LogP contribution is -2.15. The number of likely N-dealkylation sites (N-methyl/N-ethyl adjacent to an activating group) is 1. The molecule has 0 atom stereocenters. The molecule has 2 aromatic heterocycles. The molecular formula is C26H23F2N5O3S. The number of imidazole rings is 1. The highest BCUT2D eigenvalue weighted by molar-refractivity contribution is 7.14. The summed E-state index contributed by atoms with van der Waals surface area (Å²) in [6.45, 7) is 0.614. The van der Waals surface area contributed by atoms with Gasteiger partial charge in [-0.25, -0.2) is 13.8 Å². The molecule has 2 amide bonds. The van der Waals surface area contributed by atoms with Gasteiger partial charge in [-0.3, -0.25) is 24.3 Å². The second-order valence-electron chi connectivity index (χ2n) is 8.30. The van der Waals surface area contributed by atoms with E-state index in [2.05, 4.69) is 15.6 Å². The van der Waals surface area contributed by atoms with Crippen LogP contribution < -0.4 is 10.6 Å². The topological polar surface area (TPSA) is 96.3 Å². The van der Waals surface area contributed by atoms with Crippen molar-refractivity contribution in [3.8, 4) is 5.69 Å². The summed E-state index contributed by atoms with van der Waals surface area (Å²) in [5.74, 6) is -0.768. The SMILES string of the molecule is CN(C)C/C=C/C(=O)Nc1cccc(-n2c(NC(=O)c3ccc(C(F)F)s3)nc3cc(C=O)ccc32)c1. The maximum absolute atomic E-state index is 13.0. The predicted octanol–water partition coefficient (Wildman–Crippen LogP) is 5.15. The van der Waals surface area contributed by atoms with Crippen LogP contribution in [0.15, 0.2) is 66.7 Å². The molecule has 8 nitrogen and oxygen atoms in total. The van der Waals surface area contributed by atoms with Crippen LogP contribution in [0.5, 0.6) is 0 Å². The van der Waals surface area contributed by atoms with E-state index in [9.17, 15) is 23.2 Å². The summed E-state index contributed by atoms with van der Waals surface area (Å²) in [6, 6.07) is 14.4. The Morgan fingerprint density at radius 1 is 1.11 bits per heavy atom. The molecule has 2 N–H and O–H groups in total. The number of carbonyl (C=O) groups is 3. The van der Waals surface area contributed by atoms with Crippen molar-refractivity contribution in [1.29, 1.82) is 0 Å². The summed E-state index contributed by atoms with van der Waals surface area (Å²) in [7, 11) is 3.79. The largest absolute Gasteiger partial charge is 0.322 e. The molecule has 2 heterocycles. The predicted molar refractivity (Wildman–Crippen MR) is 140 cm³/mol. The number of aldehydes is 1. The van der Waals surface area contributed by atoms with Gasteiger partial charge in [-0.1, -0.05) is 12.1 Å². The zero-order chi connectivity index (χ0) is 26.5. The normalized spacial score (nSPS) is 11.5. The van der Waals surface area contributed by atoms with E-state index in [1.54, 1.807) is 53.1 Å². The van der Waals surface area contributed by atoms with Gasteiger partial charge in [0.25, 0.3) is 12.3 Å². The summed E-state index contributed by atoms with van der Waals surface area (Å²) in [6.07, 6.45) is 1.20. The highest BCUT2D eigenvalue weighted by Gasteiger charge is 2.19. The smallest absolute Gasteiger partial charge is 0.272 e. The molecule has 0 spiro atoms. The number of rotatable bonds is 9. The molecule has 11 heteroatoms. The first-order valence-electron chi connectivity index (χ1n) is 11.1. The van der Waals surface area contributed by atoms with Crippen LogP contribution in [0.1, 0.15) is 31.3 Å². The summed E-state index contributed by atoms with van der Waals surface area (Å²) in [4.78, 5) is 42.8. The Bertz CT molecular complexity index is 1490. The number of fused-ring (bicyclic) bond motifs is 1. The molecular weight excluding hydrogens is 500 g/mol. The monoisotopic (exact) mass is 523 g/mol. The fourth-order valence-corrected chi connectivity index (χ4v) is 4.31. The van der Waals surface area contributed by atoms with Crippen molar-refractivity contribution in [2.24, 2.45) is 0 Å². The average Bonchev–Trinajstić information content (AvgIpc) is 3.48. The Hall–Kier alpha value is -4.22. The standard InChI is InChI=1S/C26H23F2N5O3S/c1-32(2)12-4-7-23(35)29-17-5-3-6-18(14-17)33-20-9-8-16(15-34)13-19(20)30-26(33)31-25(36)22-11-10-21(37-22)24(27)28/h3-11,13-15,24H,12H2,1-2H3,(H,29,35)(H,30,31,36)/b7-4+. The third-order valence-corrected chi connectivity index (χ3v) is 6.31. The maximum atomic E-state index is 13.0. The zero-order valence-corrected chi connectivity index (χ0v) is 20.8. The molecule has 0 unspecified atom stereocenters. The number of hydrogen-bond donors (Lipinski definition) is 2. The zero-order valence-electron chi connectivity index (χ0n) is 19.9. The number of halogens is 2. The number of nitrogens with zero attached hydrogens (tertiary/aromatic N) is 3. The number of anilines is 2. The molecule has 0 aliphatic heterocycles. The quantitative estimate of drug-likeness (QED) is 0.234. The number of carbonyl (C=O) groups excluding carboxylic acids is 3. The van der Waals surface area contributed by atoms with Crippen LogP contribution in [0.2, 0.25) is 0 Å². The highest BCUT2D eigenvalue weighted by atomic mass is 32.1. The lowest BCUT2D eigenvalue weighted by Gasteiger charge is -2.12. The van der Waals surface area contributed by atoms with Crippen LogP contribution in [0.25, 0.3) is 16.7 Å². The molecule has 0 radical (unpaired) electrons. The second kappa shape index (κ2) is 11.2. The van der Waals surface area contributed by atoms with Gasteiger partial charge in [-0.2, -0.15) is 0 Å². The van der Waals surface area contributed by atoms with E-state index in [0.29, 0.717) is 52.1 Å². The van der Waals surface area contributed by atoms with Gasteiger partial charge < -0.3 is 10.2 Å². The molecule has 0 bridgehead atoms. The van der Waals surface area contributed by atoms with Gasteiger partial charge in [-0.15, -0.1) is 11.3 Å². The number of amides is 2. The van der Waals surface area contributed by atoms with Crippen molar-refractivity contribution in [3.63, 3.8) is 0 Å². The molecule has 37 heavy (non-hydrogen) atoms. The van der Waals surface area contributed by atoms with Gasteiger partial charge in [0.05, 0.1) is 26.5 Å². The molecule has 0 saturated carbocycles. The van der Waals surface area contributed by atoms with E-state index in [1.165, 1.54) is 18.2 Å². The summed E-state index contributed by atoms with van der Waals surface area (Å²) in [5, 5.41) is 5.49. The number of alkyl halides is 2. The molecule has 4 aromatic rings. The molecule has 2 aromatic carbocycles. The maximum Gasteiger partial charge on any atom is 0.272 e.